The van der Waals surface area contributed by atoms with Gasteiger partial charge in [-0.25, -0.2) is 0 Å². The summed E-state index contributed by atoms with van der Waals surface area (Å²) >= 11 is 5.61. The minimum Gasteiger partial charge on any atom is -0.453 e. The van der Waals surface area contributed by atoms with Crippen LogP contribution in [0.15, 0.2) is 34.7 Å². The SMILES string of the molecule is O=Cc1ccc(-c2ccc(Cl)c(OC(F)(F)F)c2)o1. The number of benzene rings is 1. The van der Waals surface area contributed by atoms with Crippen molar-refractivity contribution in [2.45, 2.75) is 6.36 Å². The Bertz CT molecular complexity index is 605. The zero-order valence-corrected chi connectivity index (χ0v) is 9.96. The highest BCUT2D eigenvalue weighted by Gasteiger charge is 2.32. The molecule has 1 aromatic heterocycles. The number of furan rings is 1. The molecule has 0 aliphatic heterocycles. The van der Waals surface area contributed by atoms with E-state index in [2.05, 4.69) is 4.74 Å². The highest BCUT2D eigenvalue weighted by Crippen LogP contribution is 2.34. The van der Waals surface area contributed by atoms with Crippen molar-refractivity contribution in [2.75, 3.05) is 0 Å². The largest absolute Gasteiger partial charge is 0.573 e. The average Bonchev–Trinajstić information content (AvgIpc) is 2.79. The van der Waals surface area contributed by atoms with Gasteiger partial charge >= 0.3 is 6.36 Å². The van der Waals surface area contributed by atoms with E-state index in [1.165, 1.54) is 24.3 Å². The minimum atomic E-state index is -4.83. The molecule has 1 heterocycles. The fraction of sp³-hybridized carbons (Fsp3) is 0.0833. The lowest BCUT2D eigenvalue weighted by molar-refractivity contribution is -0.274. The van der Waals surface area contributed by atoms with Crippen LogP contribution in [0.4, 0.5) is 13.2 Å². The van der Waals surface area contributed by atoms with Crippen molar-refractivity contribution in [2.24, 2.45) is 0 Å². The molecule has 0 unspecified atom stereocenters. The molecule has 1 aromatic carbocycles. The van der Waals surface area contributed by atoms with E-state index in [1.807, 2.05) is 0 Å². The molecular weight excluding hydrogens is 285 g/mol. The second-order valence-corrected chi connectivity index (χ2v) is 3.92. The molecule has 0 spiro atoms. The van der Waals surface area contributed by atoms with E-state index in [0.717, 1.165) is 6.07 Å². The van der Waals surface area contributed by atoms with Crippen molar-refractivity contribution in [3.63, 3.8) is 0 Å². The highest BCUT2D eigenvalue weighted by atomic mass is 35.5. The Morgan fingerprint density at radius 2 is 1.95 bits per heavy atom. The van der Waals surface area contributed by atoms with Crippen molar-refractivity contribution in [3.05, 3.63) is 41.1 Å². The van der Waals surface area contributed by atoms with Crippen LogP contribution in [0.1, 0.15) is 10.6 Å². The van der Waals surface area contributed by atoms with Crippen molar-refractivity contribution in [1.29, 1.82) is 0 Å². The van der Waals surface area contributed by atoms with Crippen LogP contribution in [0.25, 0.3) is 11.3 Å². The quantitative estimate of drug-likeness (QED) is 0.791. The van der Waals surface area contributed by atoms with Gasteiger partial charge < -0.3 is 9.15 Å². The van der Waals surface area contributed by atoms with Crippen LogP contribution in [0.3, 0.4) is 0 Å². The maximum atomic E-state index is 12.2. The molecule has 0 N–H and O–H groups in total. The number of carbonyl (C=O) groups is 1. The number of aldehydes is 1. The molecule has 3 nitrogen and oxygen atoms in total. The summed E-state index contributed by atoms with van der Waals surface area (Å²) in [4.78, 5) is 10.5. The molecule has 0 amide bonds. The van der Waals surface area contributed by atoms with Gasteiger partial charge in [-0.1, -0.05) is 11.6 Å². The average molecular weight is 291 g/mol. The molecule has 100 valence electrons. The molecule has 7 heteroatoms. The number of rotatable bonds is 3. The number of hydrogen-bond acceptors (Lipinski definition) is 3. The Morgan fingerprint density at radius 1 is 1.21 bits per heavy atom. The third-order valence-corrected chi connectivity index (χ3v) is 2.50. The van der Waals surface area contributed by atoms with Gasteiger partial charge in [-0.2, -0.15) is 0 Å². The summed E-state index contributed by atoms with van der Waals surface area (Å²) in [6.07, 6.45) is -4.34. The van der Waals surface area contributed by atoms with Crippen molar-refractivity contribution in [1.82, 2.24) is 0 Å². The molecular formula is C12H6ClF3O3. The first-order chi connectivity index (χ1) is 8.89. The Morgan fingerprint density at radius 3 is 2.53 bits per heavy atom. The van der Waals surface area contributed by atoms with Gasteiger partial charge in [0.1, 0.15) is 11.5 Å². The first-order valence-electron chi connectivity index (χ1n) is 5.00. The lowest BCUT2D eigenvalue weighted by Gasteiger charge is -2.11. The molecule has 0 atom stereocenters. The van der Waals surface area contributed by atoms with Crippen LogP contribution in [-0.2, 0) is 0 Å². The van der Waals surface area contributed by atoms with Gasteiger partial charge in [0.2, 0.25) is 0 Å². The lowest BCUT2D eigenvalue weighted by Crippen LogP contribution is -2.17. The summed E-state index contributed by atoms with van der Waals surface area (Å²) < 4.78 is 45.4. The maximum absolute atomic E-state index is 12.2. The fourth-order valence-corrected chi connectivity index (χ4v) is 1.59. The number of alkyl halides is 3. The Hall–Kier alpha value is -1.95. The van der Waals surface area contributed by atoms with Crippen LogP contribution in [0.5, 0.6) is 5.75 Å². The second kappa shape index (κ2) is 4.97. The Balaban J connectivity index is 2.37. The van der Waals surface area contributed by atoms with Gasteiger partial charge in [-0.15, -0.1) is 13.2 Å². The van der Waals surface area contributed by atoms with Crippen LogP contribution >= 0.6 is 11.6 Å². The van der Waals surface area contributed by atoms with Gasteiger partial charge in [0.05, 0.1) is 5.02 Å². The first kappa shape index (κ1) is 13.5. The van der Waals surface area contributed by atoms with Gasteiger partial charge in [0.15, 0.2) is 12.0 Å². The van der Waals surface area contributed by atoms with E-state index in [4.69, 9.17) is 16.0 Å². The van der Waals surface area contributed by atoms with E-state index >= 15 is 0 Å². The molecule has 0 radical (unpaired) electrons. The van der Waals surface area contributed by atoms with Crippen LogP contribution in [0, 0.1) is 0 Å². The normalized spacial score (nSPS) is 11.4. The van der Waals surface area contributed by atoms with E-state index in [1.54, 1.807) is 0 Å². The highest BCUT2D eigenvalue weighted by molar-refractivity contribution is 6.32. The molecule has 2 aromatic rings. The number of ether oxygens (including phenoxy) is 1. The Kier molecular flexibility index (Phi) is 3.53. The predicted octanol–water partition coefficient (Wildman–Crippen LogP) is 4.31. The standard InChI is InChI=1S/C12H6ClF3O3/c13-9-3-1-7(5-11(9)19-12(14,15)16)10-4-2-8(6-17)18-10/h1-6H. The van der Waals surface area contributed by atoms with Crippen molar-refractivity contribution < 1.29 is 27.1 Å². The summed E-state index contributed by atoms with van der Waals surface area (Å²) in [5.74, 6) is -0.218. The molecule has 0 saturated heterocycles. The van der Waals surface area contributed by atoms with Gasteiger partial charge in [0, 0.05) is 5.56 Å². The summed E-state index contributed by atoms with van der Waals surface area (Å²) in [6.45, 7) is 0. The van der Waals surface area contributed by atoms with E-state index < -0.39 is 12.1 Å². The van der Waals surface area contributed by atoms with Crippen LogP contribution in [0.2, 0.25) is 5.02 Å². The number of hydrogen-bond donors (Lipinski definition) is 0. The molecule has 0 bridgehead atoms. The van der Waals surface area contributed by atoms with Gasteiger partial charge in [-0.3, -0.25) is 4.79 Å². The third-order valence-electron chi connectivity index (χ3n) is 2.18. The van der Waals surface area contributed by atoms with E-state index in [-0.39, 0.29) is 16.5 Å². The Labute approximate surface area is 110 Å². The van der Waals surface area contributed by atoms with Gasteiger partial charge in [0.25, 0.3) is 0 Å². The smallest absolute Gasteiger partial charge is 0.453 e. The van der Waals surface area contributed by atoms with Crippen LogP contribution in [-0.4, -0.2) is 12.6 Å². The number of halogens is 4. The molecule has 2 rings (SSSR count). The molecule has 0 aliphatic carbocycles. The summed E-state index contributed by atoms with van der Waals surface area (Å²) in [5, 5.41) is -0.178. The fourth-order valence-electron chi connectivity index (χ4n) is 1.43. The second-order valence-electron chi connectivity index (χ2n) is 3.51. The molecule has 19 heavy (non-hydrogen) atoms. The van der Waals surface area contributed by atoms with Crippen LogP contribution < -0.4 is 4.74 Å². The van der Waals surface area contributed by atoms with Crippen molar-refractivity contribution in [3.8, 4) is 17.1 Å². The summed E-state index contributed by atoms with van der Waals surface area (Å²) in [5.41, 5.74) is 0.316. The molecule has 0 fully saturated rings. The maximum Gasteiger partial charge on any atom is 0.573 e. The number of carbonyl (C=O) groups excluding carboxylic acids is 1. The zero-order chi connectivity index (χ0) is 14.0. The topological polar surface area (TPSA) is 39.4 Å². The lowest BCUT2D eigenvalue weighted by atomic mass is 10.1. The molecule has 0 saturated carbocycles. The van der Waals surface area contributed by atoms with Crippen molar-refractivity contribution >= 4 is 17.9 Å². The van der Waals surface area contributed by atoms with Gasteiger partial charge in [-0.05, 0) is 30.3 Å². The zero-order valence-electron chi connectivity index (χ0n) is 9.20. The summed E-state index contributed by atoms with van der Waals surface area (Å²) in [6, 6.07) is 6.66. The predicted molar refractivity (Wildman–Crippen MR) is 61.2 cm³/mol. The van der Waals surface area contributed by atoms with E-state index in [9.17, 15) is 18.0 Å². The third kappa shape index (κ3) is 3.29. The van der Waals surface area contributed by atoms with E-state index in [0.29, 0.717) is 11.8 Å². The minimum absolute atomic E-state index is 0.0724. The monoisotopic (exact) mass is 290 g/mol. The first-order valence-corrected chi connectivity index (χ1v) is 5.37. The summed E-state index contributed by atoms with van der Waals surface area (Å²) in [7, 11) is 0. The molecule has 0 aliphatic rings.